The van der Waals surface area contributed by atoms with Gasteiger partial charge in [-0.1, -0.05) is 70.9 Å². The van der Waals surface area contributed by atoms with Gasteiger partial charge in [0.05, 0.1) is 30.6 Å². The maximum atomic E-state index is 11.6. The summed E-state index contributed by atoms with van der Waals surface area (Å²) in [5, 5.41) is 0.839. The van der Waals surface area contributed by atoms with Gasteiger partial charge >= 0.3 is 11.6 Å². The number of unbranched alkanes of at least 4 members (excludes halogenated alkanes) is 8. The summed E-state index contributed by atoms with van der Waals surface area (Å²) in [6, 6.07) is 8.86. The summed E-state index contributed by atoms with van der Waals surface area (Å²) in [7, 11) is 0. The maximum absolute atomic E-state index is 11.6. The molecule has 0 saturated carbocycles. The molecule has 0 N–H and O–H groups in total. The second-order valence-corrected chi connectivity index (χ2v) is 7.78. The number of carbonyl (C=O) groups is 1. The molecule has 0 unspecified atom stereocenters. The monoisotopic (exact) mass is 402 g/mol. The van der Waals surface area contributed by atoms with Gasteiger partial charge in [0.15, 0.2) is 0 Å². The number of hydrogen-bond donors (Lipinski definition) is 0. The van der Waals surface area contributed by atoms with Gasteiger partial charge in [-0.25, -0.2) is 4.79 Å². The zero-order valence-electron chi connectivity index (χ0n) is 17.8. The minimum Gasteiger partial charge on any atom is -0.493 e. The molecule has 1 aromatic heterocycles. The lowest BCUT2D eigenvalue weighted by atomic mass is 10.1. The predicted molar refractivity (Wildman–Crippen MR) is 115 cm³/mol. The quantitative estimate of drug-likeness (QED) is 0.224. The van der Waals surface area contributed by atoms with Gasteiger partial charge in [0.25, 0.3) is 0 Å². The van der Waals surface area contributed by atoms with Gasteiger partial charge in [0.1, 0.15) is 11.3 Å². The summed E-state index contributed by atoms with van der Waals surface area (Å²) in [4.78, 5) is 22.9. The van der Waals surface area contributed by atoms with Crippen molar-refractivity contribution in [2.45, 2.75) is 71.6 Å². The van der Waals surface area contributed by atoms with Crippen molar-refractivity contribution in [1.82, 2.24) is 0 Å². The van der Waals surface area contributed by atoms with Gasteiger partial charge in [0.2, 0.25) is 0 Å². The number of benzene rings is 1. The molecule has 1 heterocycles. The Hall–Kier alpha value is -2.30. The molecule has 0 amide bonds. The molecule has 2 rings (SSSR count). The van der Waals surface area contributed by atoms with Gasteiger partial charge in [-0.15, -0.1) is 0 Å². The predicted octanol–water partition coefficient (Wildman–Crippen LogP) is 5.88. The van der Waals surface area contributed by atoms with E-state index >= 15 is 0 Å². The van der Waals surface area contributed by atoms with Gasteiger partial charge in [0, 0.05) is 0 Å². The Morgan fingerprint density at radius 1 is 0.897 bits per heavy atom. The largest absolute Gasteiger partial charge is 0.493 e. The van der Waals surface area contributed by atoms with Crippen LogP contribution >= 0.6 is 0 Å². The topological polar surface area (TPSA) is 65.7 Å². The molecule has 29 heavy (non-hydrogen) atoms. The van der Waals surface area contributed by atoms with Crippen LogP contribution in [0.4, 0.5) is 0 Å². The first kappa shape index (κ1) is 23.0. The second-order valence-electron chi connectivity index (χ2n) is 7.78. The zero-order valence-corrected chi connectivity index (χ0v) is 17.8. The van der Waals surface area contributed by atoms with Crippen molar-refractivity contribution in [2.75, 3.05) is 13.2 Å². The van der Waals surface area contributed by atoms with Crippen LogP contribution in [-0.4, -0.2) is 19.2 Å². The molecule has 0 fully saturated rings. The van der Waals surface area contributed by atoms with Crippen molar-refractivity contribution in [3.63, 3.8) is 0 Å². The van der Waals surface area contributed by atoms with E-state index in [1.54, 1.807) is 6.07 Å². The van der Waals surface area contributed by atoms with Crippen molar-refractivity contribution in [1.29, 1.82) is 0 Å². The summed E-state index contributed by atoms with van der Waals surface area (Å²) < 4.78 is 16.2. The lowest BCUT2D eigenvalue weighted by Crippen LogP contribution is -2.12. The van der Waals surface area contributed by atoms with E-state index in [4.69, 9.17) is 13.9 Å². The molecule has 0 spiro atoms. The first-order valence-corrected chi connectivity index (χ1v) is 10.9. The van der Waals surface area contributed by atoms with E-state index in [0.29, 0.717) is 24.5 Å². The number of ether oxygens (including phenoxy) is 2. The average Bonchev–Trinajstić information content (AvgIpc) is 2.70. The molecule has 0 aliphatic carbocycles. The maximum Gasteiger partial charge on any atom is 0.339 e. The van der Waals surface area contributed by atoms with Crippen molar-refractivity contribution in [3.05, 3.63) is 40.8 Å². The van der Waals surface area contributed by atoms with Crippen LogP contribution in [0.2, 0.25) is 0 Å². The first-order valence-electron chi connectivity index (χ1n) is 10.9. The summed E-state index contributed by atoms with van der Waals surface area (Å²) in [6.07, 6.45) is 10.3. The fraction of sp³-hybridized carbons (Fsp3) is 0.583. The van der Waals surface area contributed by atoms with Crippen LogP contribution in [0.5, 0.6) is 5.75 Å². The van der Waals surface area contributed by atoms with Crippen LogP contribution in [0.25, 0.3) is 11.0 Å². The third-order valence-corrected chi connectivity index (χ3v) is 4.87. The number of hydrogen-bond acceptors (Lipinski definition) is 5. The third-order valence-electron chi connectivity index (χ3n) is 4.87. The van der Waals surface area contributed by atoms with E-state index in [0.717, 1.165) is 31.1 Å². The highest BCUT2D eigenvalue weighted by molar-refractivity contribution is 5.82. The molecule has 5 heteroatoms. The van der Waals surface area contributed by atoms with Crippen molar-refractivity contribution < 1.29 is 18.7 Å². The molecular weight excluding hydrogens is 368 g/mol. The lowest BCUT2D eigenvalue weighted by molar-refractivity contribution is -0.147. The summed E-state index contributed by atoms with van der Waals surface area (Å²) in [6.45, 7) is 4.88. The minimum atomic E-state index is -0.378. The average molecular weight is 403 g/mol. The Bertz CT molecular complexity index is 793. The van der Waals surface area contributed by atoms with Crippen LogP contribution in [0.15, 0.2) is 39.5 Å². The molecule has 0 aliphatic heterocycles. The van der Waals surface area contributed by atoms with Crippen molar-refractivity contribution in [2.24, 2.45) is 5.92 Å². The number of esters is 1. The molecule has 0 bridgehead atoms. The number of carbonyl (C=O) groups excluding carboxylic acids is 1. The van der Waals surface area contributed by atoms with Gasteiger partial charge in [-0.05, 0) is 25.0 Å². The number of para-hydroxylation sites is 1. The smallest absolute Gasteiger partial charge is 0.339 e. The highest BCUT2D eigenvalue weighted by atomic mass is 16.5. The Morgan fingerprint density at radius 2 is 1.48 bits per heavy atom. The van der Waals surface area contributed by atoms with E-state index < -0.39 is 0 Å². The molecule has 0 atom stereocenters. The highest BCUT2D eigenvalue weighted by Gasteiger charge is 2.07. The Labute approximate surface area is 173 Å². The second kappa shape index (κ2) is 13.0. The third kappa shape index (κ3) is 8.71. The summed E-state index contributed by atoms with van der Waals surface area (Å²) >= 11 is 0. The van der Waals surface area contributed by atoms with E-state index in [2.05, 4.69) is 0 Å². The molecule has 160 valence electrons. The van der Waals surface area contributed by atoms with Crippen LogP contribution in [-0.2, 0) is 9.53 Å². The SMILES string of the molecule is CC(C)C(=O)OCCCCCCCCCCCOc1cc(=O)oc2ccccc12. The van der Waals surface area contributed by atoms with Crippen molar-refractivity contribution in [3.8, 4) is 5.75 Å². The number of rotatable bonds is 14. The summed E-state index contributed by atoms with van der Waals surface area (Å²) in [5.41, 5.74) is 0.185. The van der Waals surface area contributed by atoms with Gasteiger partial charge in [-0.3, -0.25) is 4.79 Å². The van der Waals surface area contributed by atoms with Crippen LogP contribution in [0.3, 0.4) is 0 Å². The fourth-order valence-electron chi connectivity index (χ4n) is 3.16. The standard InChI is InChI=1S/C24H34O5/c1-19(2)24(26)28-17-13-9-7-5-3-4-6-8-12-16-27-22-18-23(25)29-21-15-11-10-14-20(21)22/h10-11,14-15,18-19H,3-9,12-13,16-17H2,1-2H3. The molecular formula is C24H34O5. The van der Waals surface area contributed by atoms with Gasteiger partial charge in [-0.2, -0.15) is 0 Å². The Morgan fingerprint density at radius 3 is 2.14 bits per heavy atom. The normalized spacial score (nSPS) is 11.1. The minimum absolute atomic E-state index is 0.0351. The van der Waals surface area contributed by atoms with E-state index in [1.807, 2.05) is 32.0 Å². The fourth-order valence-corrected chi connectivity index (χ4v) is 3.16. The zero-order chi connectivity index (χ0) is 20.9. The Balaban J connectivity index is 1.46. The summed E-state index contributed by atoms with van der Waals surface area (Å²) in [5.74, 6) is 0.473. The molecule has 0 radical (unpaired) electrons. The molecule has 0 saturated heterocycles. The van der Waals surface area contributed by atoms with Crippen molar-refractivity contribution >= 4 is 16.9 Å². The molecule has 5 nitrogen and oxygen atoms in total. The van der Waals surface area contributed by atoms with E-state index in [9.17, 15) is 9.59 Å². The molecule has 2 aromatic rings. The van der Waals surface area contributed by atoms with Crippen LogP contribution < -0.4 is 10.4 Å². The lowest BCUT2D eigenvalue weighted by Gasteiger charge is -2.08. The Kier molecular flexibility index (Phi) is 10.3. The highest BCUT2D eigenvalue weighted by Crippen LogP contribution is 2.23. The van der Waals surface area contributed by atoms with Gasteiger partial charge < -0.3 is 13.9 Å². The van der Waals surface area contributed by atoms with E-state index in [-0.39, 0.29) is 17.5 Å². The number of fused-ring (bicyclic) bond motifs is 1. The van der Waals surface area contributed by atoms with Crippen LogP contribution in [0.1, 0.15) is 71.6 Å². The molecule has 0 aliphatic rings. The molecule has 1 aromatic carbocycles. The van der Waals surface area contributed by atoms with E-state index in [1.165, 1.54) is 38.2 Å². The first-order chi connectivity index (χ1) is 14.1. The van der Waals surface area contributed by atoms with Crippen LogP contribution in [0, 0.1) is 5.92 Å².